The molecular formula is C24H18F2N2O3. The molecule has 2 N–H and O–H groups in total. The maximum Gasteiger partial charge on any atom is 0.293 e. The van der Waals surface area contributed by atoms with Gasteiger partial charge in [-0.2, -0.15) is 0 Å². The molecule has 0 bridgehead atoms. The van der Waals surface area contributed by atoms with Gasteiger partial charge in [0.2, 0.25) is 0 Å². The minimum Gasteiger partial charge on any atom is -0.502 e. The van der Waals surface area contributed by atoms with Crippen LogP contribution in [0.3, 0.4) is 0 Å². The van der Waals surface area contributed by atoms with Crippen molar-refractivity contribution in [1.29, 1.82) is 0 Å². The molecule has 1 aromatic heterocycles. The third-order valence-electron chi connectivity index (χ3n) is 5.17. The highest BCUT2D eigenvalue weighted by molar-refractivity contribution is 6.08. The summed E-state index contributed by atoms with van der Waals surface area (Å²) < 4.78 is 28.8. The Balaban J connectivity index is 1.65. The van der Waals surface area contributed by atoms with Crippen LogP contribution < -0.4 is 10.9 Å². The van der Waals surface area contributed by atoms with Crippen LogP contribution in [0.15, 0.2) is 71.5 Å². The molecular weight excluding hydrogens is 402 g/mol. The second-order valence-electron chi connectivity index (χ2n) is 7.10. The maximum absolute atomic E-state index is 14.3. The molecule has 0 unspecified atom stereocenters. The summed E-state index contributed by atoms with van der Waals surface area (Å²) in [5.74, 6) is -2.26. The van der Waals surface area contributed by atoms with E-state index in [9.17, 15) is 23.5 Å². The molecule has 31 heavy (non-hydrogen) atoms. The van der Waals surface area contributed by atoms with E-state index in [1.54, 1.807) is 48.5 Å². The van der Waals surface area contributed by atoms with Crippen LogP contribution >= 0.6 is 0 Å². The highest BCUT2D eigenvalue weighted by Crippen LogP contribution is 2.25. The van der Waals surface area contributed by atoms with Crippen LogP contribution in [0.2, 0.25) is 0 Å². The standard InChI is InChI=1S/C24H18F2N2O3/c1-28-20-5-3-2-4-18(20)21(22(29)24(28)31)23(30)27-13-16-12-15(8-11-19(16)26)14-6-9-17(25)10-7-14/h2-12,29H,13H2,1H3,(H,27,30). The SMILES string of the molecule is Cn1c(=O)c(O)c(C(=O)NCc2cc(-c3ccc(F)cc3)ccc2F)c2ccccc21. The van der Waals surface area contributed by atoms with Crippen LogP contribution in [0.25, 0.3) is 22.0 Å². The lowest BCUT2D eigenvalue weighted by Crippen LogP contribution is -2.27. The predicted molar refractivity (Wildman–Crippen MR) is 114 cm³/mol. The molecule has 0 spiro atoms. The molecule has 4 aromatic rings. The van der Waals surface area contributed by atoms with E-state index >= 15 is 0 Å². The van der Waals surface area contributed by atoms with Crippen molar-refractivity contribution in [2.45, 2.75) is 6.54 Å². The predicted octanol–water partition coefficient (Wildman–Crippen LogP) is 4.12. The van der Waals surface area contributed by atoms with Crippen molar-refractivity contribution >= 4 is 16.8 Å². The first-order chi connectivity index (χ1) is 14.9. The Kier molecular flexibility index (Phi) is 5.25. The van der Waals surface area contributed by atoms with Crippen molar-refractivity contribution in [2.75, 3.05) is 0 Å². The number of aromatic hydroxyl groups is 1. The highest BCUT2D eigenvalue weighted by Gasteiger charge is 2.20. The molecule has 0 radical (unpaired) electrons. The number of rotatable bonds is 4. The summed E-state index contributed by atoms with van der Waals surface area (Å²) in [6.07, 6.45) is 0. The van der Waals surface area contributed by atoms with E-state index in [1.165, 1.54) is 29.8 Å². The van der Waals surface area contributed by atoms with Crippen molar-refractivity contribution in [3.05, 3.63) is 99.8 Å². The van der Waals surface area contributed by atoms with E-state index < -0.39 is 23.0 Å². The quantitative estimate of drug-likeness (QED) is 0.522. The third kappa shape index (κ3) is 3.77. The number of nitrogens with zero attached hydrogens (tertiary/aromatic N) is 1. The number of carbonyl (C=O) groups is 1. The molecule has 0 saturated heterocycles. The Bertz CT molecular complexity index is 1360. The lowest BCUT2D eigenvalue weighted by molar-refractivity contribution is 0.0949. The van der Waals surface area contributed by atoms with Crippen LogP contribution in [-0.4, -0.2) is 15.6 Å². The van der Waals surface area contributed by atoms with Gasteiger partial charge >= 0.3 is 0 Å². The smallest absolute Gasteiger partial charge is 0.293 e. The van der Waals surface area contributed by atoms with Gasteiger partial charge < -0.3 is 15.0 Å². The van der Waals surface area contributed by atoms with Crippen molar-refractivity contribution in [2.24, 2.45) is 7.05 Å². The number of pyridine rings is 1. The number of hydrogen-bond donors (Lipinski definition) is 2. The second-order valence-corrected chi connectivity index (χ2v) is 7.10. The van der Waals surface area contributed by atoms with Crippen LogP contribution in [0.1, 0.15) is 15.9 Å². The maximum atomic E-state index is 14.3. The van der Waals surface area contributed by atoms with Crippen molar-refractivity contribution in [3.63, 3.8) is 0 Å². The fourth-order valence-electron chi connectivity index (χ4n) is 3.51. The number of halogens is 2. The minimum absolute atomic E-state index is 0.159. The first-order valence-corrected chi connectivity index (χ1v) is 9.50. The van der Waals surface area contributed by atoms with Gasteiger partial charge in [-0.15, -0.1) is 0 Å². The summed E-state index contributed by atoms with van der Waals surface area (Å²) in [6.45, 7) is -0.164. The number of para-hydroxylation sites is 1. The van der Waals surface area contributed by atoms with Gasteiger partial charge in [-0.3, -0.25) is 9.59 Å². The molecule has 1 amide bonds. The van der Waals surface area contributed by atoms with Crippen LogP contribution in [0, 0.1) is 11.6 Å². The van der Waals surface area contributed by atoms with Crippen molar-refractivity contribution in [3.8, 4) is 16.9 Å². The molecule has 0 aliphatic rings. The summed E-state index contributed by atoms with van der Waals surface area (Å²) >= 11 is 0. The number of aromatic nitrogens is 1. The fourth-order valence-corrected chi connectivity index (χ4v) is 3.51. The van der Waals surface area contributed by atoms with Gasteiger partial charge in [0.1, 0.15) is 11.6 Å². The Morgan fingerprint density at radius 2 is 1.68 bits per heavy atom. The lowest BCUT2D eigenvalue weighted by Gasteiger charge is -2.13. The first-order valence-electron chi connectivity index (χ1n) is 9.50. The molecule has 5 nitrogen and oxygen atoms in total. The molecule has 7 heteroatoms. The van der Waals surface area contributed by atoms with Crippen LogP contribution in [-0.2, 0) is 13.6 Å². The average Bonchev–Trinajstić information content (AvgIpc) is 2.78. The highest BCUT2D eigenvalue weighted by atomic mass is 19.1. The lowest BCUT2D eigenvalue weighted by atomic mass is 10.0. The van der Waals surface area contributed by atoms with Gasteiger partial charge in [-0.25, -0.2) is 8.78 Å². The largest absolute Gasteiger partial charge is 0.502 e. The van der Waals surface area contributed by atoms with Gasteiger partial charge in [0.15, 0.2) is 5.75 Å². The Morgan fingerprint density at radius 1 is 1.00 bits per heavy atom. The summed E-state index contributed by atoms with van der Waals surface area (Å²) in [6, 6.07) is 16.9. The number of aryl methyl sites for hydroxylation is 1. The first kappa shape index (κ1) is 20.3. The molecule has 0 atom stereocenters. The summed E-state index contributed by atoms with van der Waals surface area (Å²) in [4.78, 5) is 25.1. The van der Waals surface area contributed by atoms with Gasteiger partial charge in [0, 0.05) is 24.5 Å². The number of carbonyl (C=O) groups excluding carboxylic acids is 1. The Hall–Kier alpha value is -4.00. The molecule has 3 aromatic carbocycles. The molecule has 0 fully saturated rings. The zero-order chi connectivity index (χ0) is 22.1. The molecule has 0 aliphatic heterocycles. The monoisotopic (exact) mass is 420 g/mol. The number of benzene rings is 3. The van der Waals surface area contributed by atoms with E-state index in [0.29, 0.717) is 22.0 Å². The van der Waals surface area contributed by atoms with E-state index in [-0.39, 0.29) is 23.5 Å². The molecule has 4 rings (SSSR count). The normalized spacial score (nSPS) is 10.9. The van der Waals surface area contributed by atoms with Crippen LogP contribution in [0.5, 0.6) is 5.75 Å². The van der Waals surface area contributed by atoms with Crippen LogP contribution in [0.4, 0.5) is 8.78 Å². The minimum atomic E-state index is -0.701. The summed E-state index contributed by atoms with van der Waals surface area (Å²) in [5.41, 5.74) is 1.20. The molecule has 1 heterocycles. The van der Waals surface area contributed by atoms with Gasteiger partial charge in [-0.05, 0) is 41.5 Å². The fraction of sp³-hybridized carbons (Fsp3) is 0.0833. The molecule has 156 valence electrons. The number of amides is 1. The zero-order valence-electron chi connectivity index (χ0n) is 16.5. The van der Waals surface area contributed by atoms with Crippen molar-refractivity contribution in [1.82, 2.24) is 9.88 Å². The van der Waals surface area contributed by atoms with Gasteiger partial charge in [0.05, 0.1) is 11.1 Å². The number of nitrogens with one attached hydrogen (secondary N) is 1. The Labute approximate surface area is 176 Å². The van der Waals surface area contributed by atoms with E-state index in [2.05, 4.69) is 5.32 Å². The van der Waals surface area contributed by atoms with Crippen molar-refractivity contribution < 1.29 is 18.7 Å². The summed E-state index contributed by atoms with van der Waals surface area (Å²) in [7, 11) is 1.50. The second kappa shape index (κ2) is 8.02. The topological polar surface area (TPSA) is 71.3 Å². The third-order valence-corrected chi connectivity index (χ3v) is 5.17. The van der Waals surface area contributed by atoms with E-state index in [0.717, 1.165) is 0 Å². The zero-order valence-corrected chi connectivity index (χ0v) is 16.5. The number of fused-ring (bicyclic) bond motifs is 1. The van der Waals surface area contributed by atoms with Gasteiger partial charge in [-0.1, -0.05) is 36.4 Å². The number of hydrogen-bond acceptors (Lipinski definition) is 3. The summed E-state index contributed by atoms with van der Waals surface area (Å²) in [5, 5.41) is 13.3. The Morgan fingerprint density at radius 3 is 2.42 bits per heavy atom. The molecule has 0 saturated carbocycles. The van der Waals surface area contributed by atoms with E-state index in [4.69, 9.17) is 0 Å². The van der Waals surface area contributed by atoms with E-state index in [1.807, 2.05) is 0 Å². The van der Waals surface area contributed by atoms with Gasteiger partial charge in [0.25, 0.3) is 11.5 Å². The average molecular weight is 420 g/mol. The molecule has 0 aliphatic carbocycles.